The van der Waals surface area contributed by atoms with Crippen LogP contribution in [0, 0.1) is 0 Å². The molecule has 3 heterocycles. The number of ether oxygens (including phenoxy) is 1. The van der Waals surface area contributed by atoms with E-state index in [1.54, 1.807) is 7.11 Å². The Balaban J connectivity index is 1.30. The average molecular weight is 461 g/mol. The van der Waals surface area contributed by atoms with Gasteiger partial charge in [-0.1, -0.05) is 24.3 Å². The van der Waals surface area contributed by atoms with E-state index in [0.29, 0.717) is 25.7 Å². The first-order chi connectivity index (χ1) is 16.5. The number of aromatic nitrogens is 2. The minimum atomic E-state index is -0.383. The minimum Gasteiger partial charge on any atom is -0.497 e. The van der Waals surface area contributed by atoms with Crippen molar-refractivity contribution in [2.75, 3.05) is 13.7 Å². The van der Waals surface area contributed by atoms with E-state index in [-0.39, 0.29) is 23.4 Å². The SMILES string of the molecule is COc1ccc(CC2(CCC(=O)N3CCCCC3c3nc4ccccc4[nH]3)CCC(=O)N2)cc1. The molecule has 0 spiro atoms. The van der Waals surface area contributed by atoms with Crippen molar-refractivity contribution in [1.29, 1.82) is 0 Å². The van der Waals surface area contributed by atoms with Crippen molar-refractivity contribution in [3.63, 3.8) is 0 Å². The van der Waals surface area contributed by atoms with Crippen molar-refractivity contribution in [1.82, 2.24) is 20.2 Å². The summed E-state index contributed by atoms with van der Waals surface area (Å²) in [5.41, 5.74) is 2.69. The van der Waals surface area contributed by atoms with Gasteiger partial charge in [-0.3, -0.25) is 9.59 Å². The molecule has 5 rings (SSSR count). The van der Waals surface area contributed by atoms with Gasteiger partial charge in [0.1, 0.15) is 11.6 Å². The van der Waals surface area contributed by atoms with Crippen molar-refractivity contribution in [3.05, 3.63) is 59.9 Å². The van der Waals surface area contributed by atoms with Crippen molar-refractivity contribution in [2.45, 2.75) is 62.9 Å². The fourth-order valence-electron chi connectivity index (χ4n) is 5.45. The molecule has 0 aliphatic carbocycles. The maximum Gasteiger partial charge on any atom is 0.223 e. The number of fused-ring (bicyclic) bond motifs is 1. The number of hydrogen-bond acceptors (Lipinski definition) is 4. The van der Waals surface area contributed by atoms with Crippen molar-refractivity contribution in [2.24, 2.45) is 0 Å². The fourth-order valence-corrected chi connectivity index (χ4v) is 5.45. The molecular formula is C27H32N4O3. The second kappa shape index (κ2) is 9.49. The van der Waals surface area contributed by atoms with Crippen molar-refractivity contribution >= 4 is 22.8 Å². The summed E-state index contributed by atoms with van der Waals surface area (Å²) >= 11 is 0. The standard InChI is InChI=1S/C27H32N4O3/c1-34-20-11-9-19(10-12-20)18-27(15-13-24(32)30-27)16-14-25(33)31-17-5-4-8-23(31)26-28-21-6-2-3-7-22(21)29-26/h2-3,6-7,9-12,23H,4-5,8,13-18H2,1H3,(H,28,29)(H,30,32). The van der Waals surface area contributed by atoms with Crippen LogP contribution in [0.4, 0.5) is 0 Å². The van der Waals surface area contributed by atoms with E-state index >= 15 is 0 Å². The number of carbonyl (C=O) groups is 2. The summed E-state index contributed by atoms with van der Waals surface area (Å²) < 4.78 is 5.27. The fraction of sp³-hybridized carbons (Fsp3) is 0.444. The summed E-state index contributed by atoms with van der Waals surface area (Å²) in [5, 5.41) is 3.20. The molecule has 2 fully saturated rings. The number of hydrogen-bond donors (Lipinski definition) is 2. The first kappa shape index (κ1) is 22.4. The molecule has 2 aliphatic heterocycles. The van der Waals surface area contributed by atoms with Crippen LogP contribution in [0.3, 0.4) is 0 Å². The lowest BCUT2D eigenvalue weighted by atomic mass is 9.84. The zero-order valence-electron chi connectivity index (χ0n) is 19.7. The van der Waals surface area contributed by atoms with Crippen LogP contribution in [-0.4, -0.2) is 45.9 Å². The van der Waals surface area contributed by atoms with Gasteiger partial charge in [0, 0.05) is 24.9 Å². The number of methoxy groups -OCH3 is 1. The first-order valence-corrected chi connectivity index (χ1v) is 12.2. The van der Waals surface area contributed by atoms with Crippen LogP contribution in [0.2, 0.25) is 0 Å². The molecule has 0 bridgehead atoms. The molecule has 0 radical (unpaired) electrons. The van der Waals surface area contributed by atoms with Gasteiger partial charge in [0.2, 0.25) is 11.8 Å². The molecule has 7 heteroatoms. The Morgan fingerprint density at radius 3 is 2.74 bits per heavy atom. The highest BCUT2D eigenvalue weighted by Crippen LogP contribution is 2.34. The number of nitrogens with one attached hydrogen (secondary N) is 2. The number of amides is 2. The van der Waals surface area contributed by atoms with Crippen molar-refractivity contribution < 1.29 is 14.3 Å². The lowest BCUT2D eigenvalue weighted by Gasteiger charge is -2.36. The number of likely N-dealkylation sites (tertiary alicyclic amines) is 1. The summed E-state index contributed by atoms with van der Waals surface area (Å²) in [7, 11) is 1.65. The van der Waals surface area contributed by atoms with Gasteiger partial charge >= 0.3 is 0 Å². The zero-order valence-corrected chi connectivity index (χ0v) is 19.7. The first-order valence-electron chi connectivity index (χ1n) is 12.2. The van der Waals surface area contributed by atoms with Gasteiger partial charge in [0.15, 0.2) is 0 Å². The number of nitrogens with zero attached hydrogens (tertiary/aromatic N) is 2. The smallest absolute Gasteiger partial charge is 0.223 e. The second-order valence-electron chi connectivity index (χ2n) is 9.59. The maximum absolute atomic E-state index is 13.5. The van der Waals surface area contributed by atoms with Gasteiger partial charge in [0.05, 0.1) is 24.2 Å². The molecule has 3 aromatic rings. The Labute approximate surface area is 199 Å². The number of piperidine rings is 1. The van der Waals surface area contributed by atoms with Gasteiger partial charge in [-0.15, -0.1) is 0 Å². The Morgan fingerprint density at radius 2 is 2.00 bits per heavy atom. The molecule has 2 atom stereocenters. The number of rotatable bonds is 7. The highest BCUT2D eigenvalue weighted by molar-refractivity contribution is 5.81. The molecule has 2 saturated heterocycles. The van der Waals surface area contributed by atoms with Crippen LogP contribution < -0.4 is 10.1 Å². The molecule has 34 heavy (non-hydrogen) atoms. The predicted octanol–water partition coefficient (Wildman–Crippen LogP) is 4.30. The summed E-state index contributed by atoms with van der Waals surface area (Å²) in [6, 6.07) is 15.9. The number of aromatic amines is 1. The summed E-state index contributed by atoms with van der Waals surface area (Å²) in [5.74, 6) is 1.89. The van der Waals surface area contributed by atoms with Crippen LogP contribution in [0.15, 0.2) is 48.5 Å². The summed E-state index contributed by atoms with van der Waals surface area (Å²) in [6.45, 7) is 0.748. The predicted molar refractivity (Wildman–Crippen MR) is 130 cm³/mol. The van der Waals surface area contributed by atoms with E-state index in [2.05, 4.69) is 10.3 Å². The average Bonchev–Trinajstić information content (AvgIpc) is 3.46. The normalized spacial score (nSPS) is 22.7. The number of benzene rings is 2. The third-order valence-corrected chi connectivity index (χ3v) is 7.30. The van der Waals surface area contributed by atoms with Crippen molar-refractivity contribution in [3.8, 4) is 5.75 Å². The zero-order chi connectivity index (χ0) is 23.5. The molecule has 178 valence electrons. The molecule has 2 aromatic carbocycles. The van der Waals surface area contributed by atoms with E-state index in [1.165, 1.54) is 0 Å². The summed E-state index contributed by atoms with van der Waals surface area (Å²) in [4.78, 5) is 35.9. The van der Waals surface area contributed by atoms with Crippen LogP contribution >= 0.6 is 0 Å². The maximum atomic E-state index is 13.5. The monoisotopic (exact) mass is 460 g/mol. The lowest BCUT2D eigenvalue weighted by molar-refractivity contribution is -0.136. The van der Waals surface area contributed by atoms with Gasteiger partial charge in [-0.05, 0) is 68.4 Å². The van der Waals surface area contributed by atoms with Crippen LogP contribution in [0.25, 0.3) is 11.0 Å². The van der Waals surface area contributed by atoms with Gasteiger partial charge in [-0.25, -0.2) is 4.98 Å². The third-order valence-electron chi connectivity index (χ3n) is 7.30. The number of para-hydroxylation sites is 2. The highest BCUT2D eigenvalue weighted by Gasteiger charge is 2.39. The molecule has 2 unspecified atom stereocenters. The molecule has 2 amide bonds. The van der Waals surface area contributed by atoms with E-state index in [4.69, 9.17) is 9.72 Å². The quantitative estimate of drug-likeness (QED) is 0.550. The molecule has 7 nitrogen and oxygen atoms in total. The van der Waals surface area contributed by atoms with E-state index in [9.17, 15) is 9.59 Å². The Bertz CT molecular complexity index is 1140. The van der Waals surface area contributed by atoms with Crippen LogP contribution in [-0.2, 0) is 16.0 Å². The molecule has 0 saturated carbocycles. The van der Waals surface area contributed by atoms with Gasteiger partial charge in [0.25, 0.3) is 0 Å². The van der Waals surface area contributed by atoms with E-state index in [1.807, 2.05) is 53.4 Å². The van der Waals surface area contributed by atoms with Crippen LogP contribution in [0.1, 0.15) is 62.4 Å². The number of imidazole rings is 1. The van der Waals surface area contributed by atoms with E-state index in [0.717, 1.165) is 60.4 Å². The molecule has 2 aliphatic rings. The third kappa shape index (κ3) is 4.65. The molecular weight excluding hydrogens is 428 g/mol. The Hall–Kier alpha value is -3.35. The van der Waals surface area contributed by atoms with E-state index < -0.39 is 0 Å². The van der Waals surface area contributed by atoms with Gasteiger partial charge < -0.3 is 19.9 Å². The Morgan fingerprint density at radius 1 is 1.18 bits per heavy atom. The number of carbonyl (C=O) groups excluding carboxylic acids is 2. The lowest BCUT2D eigenvalue weighted by Crippen LogP contribution is -2.45. The second-order valence-corrected chi connectivity index (χ2v) is 9.59. The summed E-state index contributed by atoms with van der Waals surface area (Å²) in [6.07, 6.45) is 6.02. The van der Waals surface area contributed by atoms with Gasteiger partial charge in [-0.2, -0.15) is 0 Å². The largest absolute Gasteiger partial charge is 0.497 e. The van der Waals surface area contributed by atoms with Crippen LogP contribution in [0.5, 0.6) is 5.75 Å². The Kier molecular flexibility index (Phi) is 6.26. The molecule has 1 aromatic heterocycles. The topological polar surface area (TPSA) is 87.3 Å². The minimum absolute atomic E-state index is 0.0237. The molecule has 2 N–H and O–H groups in total. The number of H-pyrrole nitrogens is 1. The highest BCUT2D eigenvalue weighted by atomic mass is 16.5.